The fourth-order valence-electron chi connectivity index (χ4n) is 4.49. The lowest BCUT2D eigenvalue weighted by Gasteiger charge is -2.37. The molecule has 31 heavy (non-hydrogen) atoms. The van der Waals surface area contributed by atoms with E-state index in [2.05, 4.69) is 58.5 Å². The summed E-state index contributed by atoms with van der Waals surface area (Å²) in [6, 6.07) is 22.0. The number of nitrogens with zero attached hydrogens (tertiary/aromatic N) is 4. The van der Waals surface area contributed by atoms with E-state index in [1.165, 1.54) is 40.5 Å². The third kappa shape index (κ3) is 3.69. The molecule has 6 nitrogen and oxygen atoms in total. The summed E-state index contributed by atoms with van der Waals surface area (Å²) in [7, 11) is 0. The van der Waals surface area contributed by atoms with Gasteiger partial charge in [-0.3, -0.25) is 20.0 Å². The number of hydrogen-bond donors (Lipinski definition) is 0. The minimum Gasteiger partial charge on any atom is -0.294 e. The number of non-ortho nitro benzene ring substituents is 1. The van der Waals surface area contributed by atoms with Crippen molar-refractivity contribution in [2.75, 3.05) is 26.2 Å². The Labute approximate surface area is 185 Å². The van der Waals surface area contributed by atoms with Crippen LogP contribution >= 0.6 is 11.6 Å². The lowest BCUT2D eigenvalue weighted by molar-refractivity contribution is -0.384. The highest BCUT2D eigenvalue weighted by Gasteiger charge is 2.33. The van der Waals surface area contributed by atoms with E-state index in [1.54, 1.807) is 6.21 Å². The predicted molar refractivity (Wildman–Crippen MR) is 123 cm³/mol. The van der Waals surface area contributed by atoms with Crippen molar-refractivity contribution in [3.63, 3.8) is 0 Å². The molecule has 0 unspecified atom stereocenters. The Morgan fingerprint density at radius 2 is 1.55 bits per heavy atom. The molecule has 2 aliphatic rings. The molecule has 1 fully saturated rings. The molecule has 7 heteroatoms. The van der Waals surface area contributed by atoms with E-state index in [-0.39, 0.29) is 11.7 Å². The molecule has 1 aliphatic heterocycles. The van der Waals surface area contributed by atoms with Crippen molar-refractivity contribution >= 4 is 23.5 Å². The smallest absolute Gasteiger partial charge is 0.270 e. The molecule has 5 rings (SSSR count). The second-order valence-electron chi connectivity index (χ2n) is 7.77. The number of nitro groups is 1. The van der Waals surface area contributed by atoms with E-state index in [4.69, 9.17) is 11.6 Å². The van der Waals surface area contributed by atoms with Crippen LogP contribution in [-0.2, 0) is 0 Å². The Hall–Kier alpha value is -3.22. The lowest BCUT2D eigenvalue weighted by Crippen LogP contribution is -2.45. The second kappa shape index (κ2) is 8.13. The molecule has 3 aromatic rings. The highest BCUT2D eigenvalue weighted by molar-refractivity contribution is 6.33. The van der Waals surface area contributed by atoms with Gasteiger partial charge < -0.3 is 0 Å². The first kappa shape index (κ1) is 19.7. The van der Waals surface area contributed by atoms with Crippen molar-refractivity contribution in [3.05, 3.63) is 98.6 Å². The van der Waals surface area contributed by atoms with E-state index in [1.807, 2.05) is 5.01 Å². The maximum atomic E-state index is 11.0. The molecular formula is C24H21ClN4O2. The van der Waals surface area contributed by atoms with Gasteiger partial charge >= 0.3 is 0 Å². The molecule has 0 saturated carbocycles. The molecular weight excluding hydrogens is 412 g/mol. The maximum Gasteiger partial charge on any atom is 0.270 e. The fraction of sp³-hybridized carbons (Fsp3) is 0.208. The Kier molecular flexibility index (Phi) is 5.18. The first-order chi connectivity index (χ1) is 15.1. The third-order valence-electron chi connectivity index (χ3n) is 6.01. The average Bonchev–Trinajstić information content (AvgIpc) is 3.13. The highest BCUT2D eigenvalue weighted by atomic mass is 35.5. The highest BCUT2D eigenvalue weighted by Crippen LogP contribution is 2.46. The van der Waals surface area contributed by atoms with Crippen LogP contribution in [-0.4, -0.2) is 47.2 Å². The average molecular weight is 433 g/mol. The Balaban J connectivity index is 1.31. The first-order valence-corrected chi connectivity index (χ1v) is 10.6. The molecule has 0 radical (unpaired) electrons. The van der Waals surface area contributed by atoms with Gasteiger partial charge in [0.2, 0.25) is 0 Å². The van der Waals surface area contributed by atoms with Gasteiger partial charge in [-0.05, 0) is 28.3 Å². The molecule has 0 N–H and O–H groups in total. The minimum absolute atomic E-state index is 0.00855. The predicted octanol–water partition coefficient (Wildman–Crippen LogP) is 4.97. The summed E-state index contributed by atoms with van der Waals surface area (Å²) in [4.78, 5) is 13.1. The maximum absolute atomic E-state index is 11.0. The zero-order valence-electron chi connectivity index (χ0n) is 16.8. The van der Waals surface area contributed by atoms with Crippen molar-refractivity contribution in [2.24, 2.45) is 5.10 Å². The largest absolute Gasteiger partial charge is 0.294 e. The van der Waals surface area contributed by atoms with Gasteiger partial charge in [-0.1, -0.05) is 60.1 Å². The van der Waals surface area contributed by atoms with Gasteiger partial charge in [0.15, 0.2) is 0 Å². The van der Waals surface area contributed by atoms with Gasteiger partial charge in [-0.25, -0.2) is 0 Å². The van der Waals surface area contributed by atoms with Crippen LogP contribution in [0, 0.1) is 10.1 Å². The van der Waals surface area contributed by atoms with Crippen LogP contribution in [0.1, 0.15) is 22.7 Å². The molecule has 0 spiro atoms. The second-order valence-corrected chi connectivity index (χ2v) is 8.18. The first-order valence-electron chi connectivity index (χ1n) is 10.3. The van der Waals surface area contributed by atoms with Crippen LogP contribution in [0.4, 0.5) is 5.69 Å². The quantitative estimate of drug-likeness (QED) is 0.332. The van der Waals surface area contributed by atoms with Gasteiger partial charge in [0.25, 0.3) is 5.69 Å². The number of hydrogen-bond acceptors (Lipinski definition) is 5. The summed E-state index contributed by atoms with van der Waals surface area (Å²) in [6.45, 7) is 3.33. The van der Waals surface area contributed by atoms with Crippen LogP contribution in [0.15, 0.2) is 71.8 Å². The fourth-order valence-corrected chi connectivity index (χ4v) is 4.66. The van der Waals surface area contributed by atoms with Crippen LogP contribution in [0.2, 0.25) is 5.02 Å². The molecule has 0 amide bonds. The number of piperazine rings is 1. The van der Waals surface area contributed by atoms with Gasteiger partial charge in [-0.2, -0.15) is 5.10 Å². The number of nitro benzene ring substituents is 1. The lowest BCUT2D eigenvalue weighted by atomic mass is 10.0. The minimum atomic E-state index is -0.427. The van der Waals surface area contributed by atoms with Crippen LogP contribution < -0.4 is 0 Å². The zero-order chi connectivity index (χ0) is 21.4. The summed E-state index contributed by atoms with van der Waals surface area (Å²) in [5.41, 5.74) is 5.94. The molecule has 0 atom stereocenters. The standard InChI is InChI=1S/C24H21ClN4O2/c25-23-10-9-18(29(30)31)15-17(23)16-26-28-13-11-27(12-14-28)24-21-7-3-1-5-19(21)20-6-2-4-8-22(20)24/h1-10,15-16,24H,11-14H2. The number of fused-ring (bicyclic) bond motifs is 3. The summed E-state index contributed by atoms with van der Waals surface area (Å²) < 4.78 is 0. The normalized spacial score (nSPS) is 16.5. The molecule has 1 saturated heterocycles. The zero-order valence-corrected chi connectivity index (χ0v) is 17.6. The third-order valence-corrected chi connectivity index (χ3v) is 6.35. The van der Waals surface area contributed by atoms with E-state index in [0.717, 1.165) is 26.2 Å². The monoisotopic (exact) mass is 432 g/mol. The van der Waals surface area contributed by atoms with E-state index in [0.29, 0.717) is 10.6 Å². The van der Waals surface area contributed by atoms with Gasteiger partial charge in [0.1, 0.15) is 0 Å². The van der Waals surface area contributed by atoms with Crippen LogP contribution in [0.5, 0.6) is 0 Å². The molecule has 0 aromatic heterocycles. The molecule has 1 heterocycles. The summed E-state index contributed by atoms with van der Waals surface area (Å²) in [5, 5.41) is 18.0. The van der Waals surface area contributed by atoms with Crippen molar-refractivity contribution in [3.8, 4) is 11.1 Å². The van der Waals surface area contributed by atoms with Crippen molar-refractivity contribution in [1.29, 1.82) is 0 Å². The number of rotatable bonds is 4. The van der Waals surface area contributed by atoms with Crippen LogP contribution in [0.25, 0.3) is 11.1 Å². The van der Waals surface area contributed by atoms with Crippen molar-refractivity contribution < 1.29 is 4.92 Å². The van der Waals surface area contributed by atoms with Gasteiger partial charge in [-0.15, -0.1) is 0 Å². The molecule has 0 bridgehead atoms. The van der Waals surface area contributed by atoms with Gasteiger partial charge in [0.05, 0.1) is 17.2 Å². The Bertz CT molecular complexity index is 1130. The summed E-state index contributed by atoms with van der Waals surface area (Å²) in [6.07, 6.45) is 1.62. The van der Waals surface area contributed by atoms with E-state index in [9.17, 15) is 10.1 Å². The Morgan fingerprint density at radius 3 is 2.16 bits per heavy atom. The SMILES string of the molecule is O=[N+]([O-])c1ccc(Cl)c(C=NN2CCN(C3c4ccccc4-c4ccccc43)CC2)c1. The molecule has 3 aromatic carbocycles. The van der Waals surface area contributed by atoms with Crippen molar-refractivity contribution in [2.45, 2.75) is 6.04 Å². The van der Waals surface area contributed by atoms with Gasteiger partial charge in [0, 0.05) is 48.9 Å². The topological polar surface area (TPSA) is 62.0 Å². The van der Waals surface area contributed by atoms with Crippen LogP contribution in [0.3, 0.4) is 0 Å². The van der Waals surface area contributed by atoms with Crippen molar-refractivity contribution in [1.82, 2.24) is 9.91 Å². The van der Waals surface area contributed by atoms with E-state index >= 15 is 0 Å². The van der Waals surface area contributed by atoms with E-state index < -0.39 is 4.92 Å². The number of benzene rings is 3. The summed E-state index contributed by atoms with van der Waals surface area (Å²) in [5.74, 6) is 0. The summed E-state index contributed by atoms with van der Waals surface area (Å²) >= 11 is 6.18. The number of hydrazone groups is 1. The molecule has 156 valence electrons. The molecule has 1 aliphatic carbocycles. The number of halogens is 1. The Morgan fingerprint density at radius 1 is 0.935 bits per heavy atom.